The van der Waals surface area contributed by atoms with E-state index in [0.717, 1.165) is 18.4 Å². The van der Waals surface area contributed by atoms with Crippen LogP contribution < -0.4 is 5.84 Å². The van der Waals surface area contributed by atoms with Crippen LogP contribution in [0.1, 0.15) is 31.4 Å². The quantitative estimate of drug-likeness (QED) is 0.504. The monoisotopic (exact) mass is 267 g/mol. The van der Waals surface area contributed by atoms with Crippen molar-refractivity contribution in [2.45, 2.75) is 30.7 Å². The van der Waals surface area contributed by atoms with Gasteiger partial charge in [-0.1, -0.05) is 24.3 Å². The Labute approximate surface area is 107 Å². The van der Waals surface area contributed by atoms with E-state index in [-0.39, 0.29) is 11.8 Å². The van der Waals surface area contributed by atoms with Crippen molar-refractivity contribution in [3.63, 3.8) is 0 Å². The maximum absolute atomic E-state index is 11.8. The Morgan fingerprint density at radius 3 is 2.72 bits per heavy atom. The smallest absolute Gasteiger partial charge is 0.178 e. The summed E-state index contributed by atoms with van der Waals surface area (Å²) in [5.74, 6) is 5.66. The highest BCUT2D eigenvalue weighted by molar-refractivity contribution is 7.91. The summed E-state index contributed by atoms with van der Waals surface area (Å²) in [6.07, 6.45) is 2.18. The zero-order chi connectivity index (χ0) is 13.2. The van der Waals surface area contributed by atoms with Crippen LogP contribution in [0, 0.1) is 5.92 Å². The lowest BCUT2D eigenvalue weighted by molar-refractivity contribution is 0.588. The zero-order valence-corrected chi connectivity index (χ0v) is 11.1. The summed E-state index contributed by atoms with van der Waals surface area (Å²) in [6, 6.07) is 6.83. The fourth-order valence-electron chi connectivity index (χ4n) is 1.98. The molecule has 98 valence electrons. The summed E-state index contributed by atoms with van der Waals surface area (Å²) in [6.45, 7) is 1.64. The molecule has 0 aromatic heterocycles. The van der Waals surface area contributed by atoms with Gasteiger partial charge in [0.25, 0.3) is 0 Å². The van der Waals surface area contributed by atoms with Crippen LogP contribution >= 0.6 is 0 Å². The highest BCUT2D eigenvalue weighted by atomic mass is 32.2. The topological polar surface area (TPSA) is 84.9 Å². The number of rotatable bonds is 5. The highest BCUT2D eigenvalue weighted by Crippen LogP contribution is 2.43. The standard InChI is InChI=1S/C12H17N3O2S/c1-2-18(16,17)11-5-3-4-10(8-11)12(14-15-13)9-6-7-9/h3-5,8-9,12H,2,6-7H2,1H3,(H2,13,14)/t12-/m0/s1. The molecule has 1 atom stereocenters. The highest BCUT2D eigenvalue weighted by Gasteiger charge is 2.33. The van der Waals surface area contributed by atoms with Crippen molar-refractivity contribution in [3.8, 4) is 0 Å². The first-order valence-electron chi connectivity index (χ1n) is 6.01. The molecule has 1 saturated carbocycles. The zero-order valence-electron chi connectivity index (χ0n) is 10.3. The first-order chi connectivity index (χ1) is 8.58. The fourth-order valence-corrected chi connectivity index (χ4v) is 2.91. The van der Waals surface area contributed by atoms with E-state index in [4.69, 9.17) is 5.84 Å². The van der Waals surface area contributed by atoms with E-state index in [2.05, 4.69) is 10.3 Å². The molecule has 0 spiro atoms. The molecular weight excluding hydrogens is 250 g/mol. The van der Waals surface area contributed by atoms with Crippen LogP contribution in [0.25, 0.3) is 0 Å². The van der Waals surface area contributed by atoms with E-state index in [1.54, 1.807) is 25.1 Å². The van der Waals surface area contributed by atoms with Crippen molar-refractivity contribution >= 4 is 9.84 Å². The minimum atomic E-state index is -3.18. The van der Waals surface area contributed by atoms with Crippen molar-refractivity contribution in [2.24, 2.45) is 22.1 Å². The Kier molecular flexibility index (Phi) is 3.65. The lowest BCUT2D eigenvalue weighted by Gasteiger charge is -2.11. The molecule has 18 heavy (non-hydrogen) atoms. The van der Waals surface area contributed by atoms with Crippen molar-refractivity contribution in [2.75, 3.05) is 5.75 Å². The van der Waals surface area contributed by atoms with Gasteiger partial charge in [0.2, 0.25) is 0 Å². The molecule has 6 heteroatoms. The number of hydrogen-bond donors (Lipinski definition) is 1. The predicted molar refractivity (Wildman–Crippen MR) is 68.7 cm³/mol. The molecule has 1 aliphatic carbocycles. The van der Waals surface area contributed by atoms with Gasteiger partial charge in [-0.05, 0) is 36.5 Å². The molecular formula is C12H17N3O2S. The lowest BCUT2D eigenvalue weighted by Crippen LogP contribution is -2.06. The van der Waals surface area contributed by atoms with Crippen LogP contribution in [0.3, 0.4) is 0 Å². The van der Waals surface area contributed by atoms with E-state index in [1.165, 1.54) is 0 Å². The summed E-state index contributed by atoms with van der Waals surface area (Å²) in [5, 5.41) is 7.37. The average Bonchev–Trinajstić information content (AvgIpc) is 3.20. The van der Waals surface area contributed by atoms with Crippen molar-refractivity contribution < 1.29 is 8.42 Å². The largest absolute Gasteiger partial charge is 0.305 e. The molecule has 0 heterocycles. The van der Waals surface area contributed by atoms with Gasteiger partial charge in [-0.2, -0.15) is 5.11 Å². The number of nitrogens with zero attached hydrogens (tertiary/aromatic N) is 2. The van der Waals surface area contributed by atoms with Gasteiger partial charge in [0.05, 0.1) is 10.6 Å². The molecule has 0 aliphatic heterocycles. The van der Waals surface area contributed by atoms with Gasteiger partial charge < -0.3 is 5.84 Å². The average molecular weight is 267 g/mol. The van der Waals surface area contributed by atoms with Crippen molar-refractivity contribution in [1.29, 1.82) is 0 Å². The number of benzene rings is 1. The van der Waals surface area contributed by atoms with Crippen LogP contribution in [0.5, 0.6) is 0 Å². The van der Waals surface area contributed by atoms with Gasteiger partial charge >= 0.3 is 0 Å². The molecule has 0 unspecified atom stereocenters. The third kappa shape index (κ3) is 2.69. The van der Waals surface area contributed by atoms with E-state index in [0.29, 0.717) is 10.8 Å². The van der Waals surface area contributed by atoms with Crippen molar-refractivity contribution in [1.82, 2.24) is 0 Å². The van der Waals surface area contributed by atoms with Gasteiger partial charge in [0, 0.05) is 0 Å². The Bertz CT molecular complexity index is 550. The Hall–Kier alpha value is -1.43. The van der Waals surface area contributed by atoms with Crippen LogP contribution in [-0.2, 0) is 9.84 Å². The van der Waals surface area contributed by atoms with Crippen LogP contribution in [0.2, 0.25) is 0 Å². The molecule has 0 saturated heterocycles. The summed E-state index contributed by atoms with van der Waals surface area (Å²) < 4.78 is 23.7. The van der Waals surface area contributed by atoms with E-state index in [9.17, 15) is 8.42 Å². The minimum absolute atomic E-state index is 0.100. The van der Waals surface area contributed by atoms with Crippen LogP contribution in [-0.4, -0.2) is 14.2 Å². The van der Waals surface area contributed by atoms with E-state index >= 15 is 0 Å². The molecule has 1 aromatic carbocycles. The minimum Gasteiger partial charge on any atom is -0.305 e. The van der Waals surface area contributed by atoms with Gasteiger partial charge in [0.15, 0.2) is 9.84 Å². The van der Waals surface area contributed by atoms with Crippen LogP contribution in [0.4, 0.5) is 0 Å². The first kappa shape index (κ1) is 13.0. The summed E-state index contributed by atoms with van der Waals surface area (Å²) in [7, 11) is -3.18. The van der Waals surface area contributed by atoms with E-state index in [1.807, 2.05) is 6.07 Å². The SMILES string of the molecule is CCS(=O)(=O)c1cccc([C@@H](N=NN)C2CC2)c1. The molecule has 0 bridgehead atoms. The van der Waals surface area contributed by atoms with Gasteiger partial charge in [-0.15, -0.1) is 0 Å². The first-order valence-corrected chi connectivity index (χ1v) is 7.66. The molecule has 0 amide bonds. The summed E-state index contributed by atoms with van der Waals surface area (Å²) in [5.41, 5.74) is 0.876. The lowest BCUT2D eigenvalue weighted by atomic mass is 10.0. The Morgan fingerprint density at radius 2 is 2.17 bits per heavy atom. The number of nitrogens with two attached hydrogens (primary N) is 1. The van der Waals surface area contributed by atoms with Gasteiger partial charge in [-0.25, -0.2) is 8.42 Å². The number of hydrogen-bond acceptors (Lipinski definition) is 4. The molecule has 2 rings (SSSR count). The molecule has 1 aliphatic rings. The second-order valence-electron chi connectivity index (χ2n) is 4.49. The maximum Gasteiger partial charge on any atom is 0.178 e. The second kappa shape index (κ2) is 5.06. The van der Waals surface area contributed by atoms with Gasteiger partial charge in [0.1, 0.15) is 6.04 Å². The number of sulfone groups is 1. The second-order valence-corrected chi connectivity index (χ2v) is 6.77. The Morgan fingerprint density at radius 1 is 1.44 bits per heavy atom. The Balaban J connectivity index is 2.37. The maximum atomic E-state index is 11.8. The van der Waals surface area contributed by atoms with E-state index < -0.39 is 9.84 Å². The normalized spacial score (nSPS) is 18.1. The molecule has 5 nitrogen and oxygen atoms in total. The molecule has 1 aromatic rings. The molecule has 2 N–H and O–H groups in total. The summed E-state index contributed by atoms with van der Waals surface area (Å²) in [4.78, 5) is 0.348. The predicted octanol–water partition coefficient (Wildman–Crippen LogP) is 2.26. The molecule has 0 radical (unpaired) electrons. The fraction of sp³-hybridized carbons (Fsp3) is 0.500. The third-order valence-electron chi connectivity index (χ3n) is 3.20. The van der Waals surface area contributed by atoms with Crippen LogP contribution in [0.15, 0.2) is 39.5 Å². The summed E-state index contributed by atoms with van der Waals surface area (Å²) >= 11 is 0. The third-order valence-corrected chi connectivity index (χ3v) is 4.93. The van der Waals surface area contributed by atoms with Gasteiger partial charge in [-0.3, -0.25) is 0 Å². The molecule has 1 fully saturated rings. The van der Waals surface area contributed by atoms with Crippen molar-refractivity contribution in [3.05, 3.63) is 29.8 Å².